The average Bonchev–Trinajstić information content (AvgIpc) is 3.25. The van der Waals surface area contributed by atoms with Crippen molar-refractivity contribution in [2.24, 2.45) is 7.05 Å². The van der Waals surface area contributed by atoms with Gasteiger partial charge < -0.3 is 9.30 Å². The van der Waals surface area contributed by atoms with Crippen LogP contribution in [0.15, 0.2) is 33.9 Å². The minimum absolute atomic E-state index is 0.166. The first kappa shape index (κ1) is 21.4. The van der Waals surface area contributed by atoms with E-state index < -0.39 is 5.69 Å². The van der Waals surface area contributed by atoms with E-state index in [2.05, 4.69) is 4.57 Å². The molecule has 3 heterocycles. The zero-order valence-corrected chi connectivity index (χ0v) is 18.9. The third-order valence-electron chi connectivity index (χ3n) is 5.76. The molecule has 0 aliphatic heterocycles. The highest BCUT2D eigenvalue weighted by molar-refractivity contribution is 6.30. The van der Waals surface area contributed by atoms with Gasteiger partial charge in [-0.3, -0.25) is 18.3 Å². The van der Waals surface area contributed by atoms with Crippen LogP contribution < -0.4 is 11.2 Å². The smallest absolute Gasteiger partial charge is 0.332 e. The van der Waals surface area contributed by atoms with Gasteiger partial charge in [-0.25, -0.2) is 4.79 Å². The molecule has 0 saturated heterocycles. The summed E-state index contributed by atoms with van der Waals surface area (Å²) >= 11 is 5.96. The molecule has 8 nitrogen and oxygen atoms in total. The monoisotopic (exact) mass is 443 g/mol. The Bertz CT molecular complexity index is 1380. The summed E-state index contributed by atoms with van der Waals surface area (Å²) in [5.74, 6) is 0.665. The van der Waals surface area contributed by atoms with Crippen LogP contribution in [0.3, 0.4) is 0 Å². The van der Waals surface area contributed by atoms with Gasteiger partial charge in [0.05, 0.1) is 6.54 Å². The van der Waals surface area contributed by atoms with E-state index in [1.54, 1.807) is 19.2 Å². The Morgan fingerprint density at radius 1 is 1.06 bits per heavy atom. The zero-order valence-electron chi connectivity index (χ0n) is 18.2. The summed E-state index contributed by atoms with van der Waals surface area (Å²) in [6, 6.07) is 7.12. The summed E-state index contributed by atoms with van der Waals surface area (Å²) in [6.45, 7) is 8.19. The molecule has 3 aromatic heterocycles. The molecular formula is C22H26ClN5O3. The van der Waals surface area contributed by atoms with Crippen LogP contribution in [0.1, 0.15) is 30.3 Å². The van der Waals surface area contributed by atoms with Gasteiger partial charge in [0.2, 0.25) is 5.78 Å². The number of rotatable bonds is 7. The van der Waals surface area contributed by atoms with Crippen molar-refractivity contribution >= 4 is 28.5 Å². The maximum atomic E-state index is 13.5. The molecule has 0 saturated carbocycles. The lowest BCUT2D eigenvalue weighted by Gasteiger charge is -2.09. The van der Waals surface area contributed by atoms with Crippen molar-refractivity contribution in [1.82, 2.24) is 23.1 Å². The van der Waals surface area contributed by atoms with Gasteiger partial charge in [-0.15, -0.1) is 0 Å². The summed E-state index contributed by atoms with van der Waals surface area (Å²) in [5.41, 5.74) is 2.85. The van der Waals surface area contributed by atoms with Crippen LogP contribution in [0.5, 0.6) is 0 Å². The van der Waals surface area contributed by atoms with Crippen LogP contribution in [0, 0.1) is 13.8 Å². The molecule has 164 valence electrons. The minimum atomic E-state index is -0.398. The molecule has 0 fully saturated rings. The van der Waals surface area contributed by atoms with Crippen LogP contribution in [0.25, 0.3) is 16.9 Å². The number of fused-ring (bicyclic) bond motifs is 3. The fraction of sp³-hybridized carbons (Fsp3) is 0.409. The van der Waals surface area contributed by atoms with E-state index in [9.17, 15) is 9.59 Å². The Morgan fingerprint density at radius 3 is 2.45 bits per heavy atom. The van der Waals surface area contributed by atoms with Gasteiger partial charge in [0, 0.05) is 43.2 Å². The Kier molecular flexibility index (Phi) is 5.77. The van der Waals surface area contributed by atoms with Gasteiger partial charge in [-0.1, -0.05) is 23.7 Å². The van der Waals surface area contributed by atoms with E-state index in [0.717, 1.165) is 29.9 Å². The molecule has 4 rings (SSSR count). The third kappa shape index (κ3) is 3.59. The maximum Gasteiger partial charge on any atom is 0.332 e. The number of hydrogen-bond acceptors (Lipinski definition) is 4. The molecule has 0 bridgehead atoms. The van der Waals surface area contributed by atoms with Crippen molar-refractivity contribution in [3.05, 3.63) is 67.1 Å². The highest BCUT2D eigenvalue weighted by Crippen LogP contribution is 2.21. The summed E-state index contributed by atoms with van der Waals surface area (Å²) in [5, 5.41) is 0.605. The van der Waals surface area contributed by atoms with E-state index in [1.165, 1.54) is 9.13 Å². The Hall–Kier alpha value is -2.84. The summed E-state index contributed by atoms with van der Waals surface area (Å²) in [6.07, 6.45) is 0.835. The number of imidazole rings is 2. The highest BCUT2D eigenvalue weighted by Gasteiger charge is 2.22. The van der Waals surface area contributed by atoms with Crippen LogP contribution in [-0.2, 0) is 24.9 Å². The number of aromatic nitrogens is 5. The van der Waals surface area contributed by atoms with E-state index in [1.807, 2.05) is 37.3 Å². The number of benzene rings is 1. The van der Waals surface area contributed by atoms with Gasteiger partial charge in [-0.2, -0.15) is 4.98 Å². The summed E-state index contributed by atoms with van der Waals surface area (Å²) < 4.78 is 12.1. The van der Waals surface area contributed by atoms with Gasteiger partial charge >= 0.3 is 5.69 Å². The number of halogens is 1. The van der Waals surface area contributed by atoms with Crippen LogP contribution >= 0.6 is 11.6 Å². The Morgan fingerprint density at radius 2 is 1.77 bits per heavy atom. The molecule has 0 aliphatic carbocycles. The van der Waals surface area contributed by atoms with E-state index in [4.69, 9.17) is 21.3 Å². The second-order valence-corrected chi connectivity index (χ2v) is 8.09. The molecule has 4 aromatic rings. The molecule has 31 heavy (non-hydrogen) atoms. The maximum absolute atomic E-state index is 13.5. The zero-order chi connectivity index (χ0) is 22.3. The van der Waals surface area contributed by atoms with E-state index in [0.29, 0.717) is 35.2 Å². The van der Waals surface area contributed by atoms with Crippen LogP contribution in [0.2, 0.25) is 5.02 Å². The average molecular weight is 444 g/mol. The first-order valence-electron chi connectivity index (χ1n) is 10.3. The molecule has 0 N–H and O–H groups in total. The van der Waals surface area contributed by atoms with Gasteiger partial charge in [0.15, 0.2) is 11.2 Å². The Labute approximate surface area is 184 Å². The number of hydrogen-bond donors (Lipinski definition) is 0. The molecule has 0 unspecified atom stereocenters. The molecule has 1 aromatic carbocycles. The minimum Gasteiger partial charge on any atom is -0.382 e. The second-order valence-electron chi connectivity index (χ2n) is 7.65. The highest BCUT2D eigenvalue weighted by atomic mass is 35.5. The standard InChI is InChI=1S/C22H26ClN5O3/c1-5-31-12-6-11-26-14(2)15(3)28-18-19(24-21(26)28)25(4)22(30)27(20(18)29)13-16-7-9-17(23)10-8-16/h7-10H,5-6,11-13H2,1-4H3. The lowest BCUT2D eigenvalue weighted by atomic mass is 10.2. The van der Waals surface area contributed by atoms with Crippen molar-refractivity contribution in [3.63, 3.8) is 0 Å². The molecule has 0 aliphatic rings. The number of ether oxygens (including phenoxy) is 1. The van der Waals surface area contributed by atoms with Crippen molar-refractivity contribution in [1.29, 1.82) is 0 Å². The van der Waals surface area contributed by atoms with Gasteiger partial charge in [0.25, 0.3) is 5.56 Å². The second kappa shape index (κ2) is 8.36. The predicted octanol–water partition coefficient (Wildman–Crippen LogP) is 2.89. The van der Waals surface area contributed by atoms with Crippen LogP contribution in [-0.4, -0.2) is 36.3 Å². The van der Waals surface area contributed by atoms with Crippen molar-refractivity contribution < 1.29 is 4.74 Å². The van der Waals surface area contributed by atoms with Crippen molar-refractivity contribution in [3.8, 4) is 0 Å². The number of nitrogens with zero attached hydrogens (tertiary/aromatic N) is 5. The molecule has 0 amide bonds. The topological polar surface area (TPSA) is 75.5 Å². The SMILES string of the molecule is CCOCCCn1c(C)c(C)n2c3c(=O)n(Cc4ccc(Cl)cc4)c(=O)n(C)c3nc12. The molecule has 0 radical (unpaired) electrons. The van der Waals surface area contributed by atoms with Gasteiger partial charge in [0.1, 0.15) is 0 Å². The lowest BCUT2D eigenvalue weighted by Crippen LogP contribution is -2.39. The molecule has 0 atom stereocenters. The first-order chi connectivity index (χ1) is 14.8. The largest absolute Gasteiger partial charge is 0.382 e. The molecule has 9 heteroatoms. The Balaban J connectivity index is 1.89. The first-order valence-corrected chi connectivity index (χ1v) is 10.7. The lowest BCUT2D eigenvalue weighted by molar-refractivity contribution is 0.142. The summed E-state index contributed by atoms with van der Waals surface area (Å²) in [7, 11) is 1.65. The van der Waals surface area contributed by atoms with Crippen LogP contribution in [0.4, 0.5) is 0 Å². The predicted molar refractivity (Wildman–Crippen MR) is 121 cm³/mol. The quantitative estimate of drug-likeness (QED) is 0.411. The van der Waals surface area contributed by atoms with E-state index >= 15 is 0 Å². The normalized spacial score (nSPS) is 11.8. The molecular weight excluding hydrogens is 418 g/mol. The fourth-order valence-electron chi connectivity index (χ4n) is 3.96. The third-order valence-corrected chi connectivity index (χ3v) is 6.01. The summed E-state index contributed by atoms with van der Waals surface area (Å²) in [4.78, 5) is 31.1. The van der Waals surface area contributed by atoms with Crippen molar-refractivity contribution in [2.45, 2.75) is 40.3 Å². The molecule has 0 spiro atoms. The van der Waals surface area contributed by atoms with Crippen molar-refractivity contribution in [2.75, 3.05) is 13.2 Å². The van der Waals surface area contributed by atoms with E-state index in [-0.39, 0.29) is 12.1 Å². The van der Waals surface area contributed by atoms with Gasteiger partial charge in [-0.05, 0) is 44.9 Å². The number of aryl methyl sites for hydroxylation is 3. The fourth-order valence-corrected chi connectivity index (χ4v) is 4.09.